The number of rotatable bonds is 4. The fraction of sp³-hybridized carbons (Fsp3) is 0.236. The third kappa shape index (κ3) is 11.0. The molecule has 0 nitrogen and oxygen atoms in total. The Morgan fingerprint density at radius 3 is 1.24 bits per heavy atom. The third-order valence-corrected chi connectivity index (χ3v) is 12.2. The second-order valence-corrected chi connectivity index (χ2v) is 18.6. The maximum Gasteiger partial charge on any atom is -0.0139 e. The van der Waals surface area contributed by atoms with Crippen LogP contribution in [0, 0.1) is 33.8 Å². The van der Waals surface area contributed by atoms with Gasteiger partial charge in [0.15, 0.2) is 0 Å². The van der Waals surface area contributed by atoms with Gasteiger partial charge in [-0.3, -0.25) is 6.08 Å². The first-order chi connectivity index (χ1) is 26.6. The van der Waals surface area contributed by atoms with Crippen LogP contribution in [0.25, 0.3) is 43.8 Å². The van der Waals surface area contributed by atoms with Gasteiger partial charge in [-0.15, -0.1) is 46.2 Å². The van der Waals surface area contributed by atoms with Crippen LogP contribution in [0.4, 0.5) is 0 Å². The van der Waals surface area contributed by atoms with E-state index in [0.717, 1.165) is 6.42 Å². The number of allylic oxidation sites excluding steroid dienone is 4. The van der Waals surface area contributed by atoms with E-state index in [0.29, 0.717) is 0 Å². The van der Waals surface area contributed by atoms with Crippen LogP contribution >= 0.6 is 0 Å². The van der Waals surface area contributed by atoms with Crippen molar-refractivity contribution in [1.82, 2.24) is 0 Å². The van der Waals surface area contributed by atoms with Gasteiger partial charge in [0, 0.05) is 0 Å². The Morgan fingerprint density at radius 1 is 0.534 bits per heavy atom. The van der Waals surface area contributed by atoms with Crippen LogP contribution in [0.5, 0.6) is 0 Å². The van der Waals surface area contributed by atoms with Crippen molar-refractivity contribution in [3.05, 3.63) is 196 Å². The molecule has 0 atom stereocenters. The molecule has 0 bridgehead atoms. The SMILES string of the molecule is Cc1ccc([C](=[Zr+2])c2ccc(C)cc2)cc1.Cc1ccccc1-c1cc2[cH-]c3cc(-c4ccccc4C)c(C(C)(C)C)cc3c2cc1C(C)(C)C.[C-]1=CC=CC1.[Cl-].[Cl-]. The monoisotopic (exact) mass is 876 g/mol. The Kier molecular flexibility index (Phi) is 16.0. The number of hydrogen-bond acceptors (Lipinski definition) is 0. The Labute approximate surface area is 376 Å². The summed E-state index contributed by atoms with van der Waals surface area (Å²) in [5.41, 5.74) is 16.2. The molecule has 0 aliphatic heterocycles. The zero-order valence-electron chi connectivity index (χ0n) is 35.8. The molecule has 58 heavy (non-hydrogen) atoms. The van der Waals surface area contributed by atoms with Gasteiger partial charge in [0.1, 0.15) is 0 Å². The molecule has 1 aliphatic rings. The van der Waals surface area contributed by atoms with E-state index in [1.165, 1.54) is 116 Å². The molecule has 0 heterocycles. The fourth-order valence-corrected chi connectivity index (χ4v) is 8.31. The summed E-state index contributed by atoms with van der Waals surface area (Å²) in [5, 5.41) is 5.38. The normalized spacial score (nSPS) is 11.9. The van der Waals surface area contributed by atoms with Crippen molar-refractivity contribution in [3.8, 4) is 22.3 Å². The van der Waals surface area contributed by atoms with Gasteiger partial charge in [-0.1, -0.05) is 102 Å². The van der Waals surface area contributed by atoms with Crippen molar-refractivity contribution in [2.24, 2.45) is 0 Å². The minimum absolute atomic E-state index is 0. The average Bonchev–Trinajstić information content (AvgIpc) is 3.86. The van der Waals surface area contributed by atoms with Crippen LogP contribution in [-0.2, 0) is 35.1 Å². The standard InChI is InChI=1S/C35H37.C15H14.C5H5.2ClH.Zr/c1-22-13-9-11-15-26(22)30-18-24-17-25-19-31(27-16-12-10-14-23(27)2)33(35(6,7)8)21-29(25)28(24)20-32(30)34(3,4)5;1-12-3-7-14(8-4-12)11-15-9-5-13(2)6-10-15;1-2-4-5-3-1;;;/h9-21H,1-8H3;3-10H,1-2H3;1-3H,4H2;2*1H;/q-1;;-1;;;+2/p-2. The van der Waals surface area contributed by atoms with Gasteiger partial charge in [0.25, 0.3) is 0 Å². The smallest absolute Gasteiger partial charge is 0.0139 e. The molecule has 0 radical (unpaired) electrons. The summed E-state index contributed by atoms with van der Waals surface area (Å²) in [6.45, 7) is 22.7. The van der Waals surface area contributed by atoms with Crippen LogP contribution in [0.1, 0.15) is 92.5 Å². The van der Waals surface area contributed by atoms with Gasteiger partial charge in [0.05, 0.1) is 0 Å². The Morgan fingerprint density at radius 2 is 0.931 bits per heavy atom. The van der Waals surface area contributed by atoms with Crippen LogP contribution in [0.2, 0.25) is 0 Å². The predicted molar refractivity (Wildman–Crippen MR) is 242 cm³/mol. The number of hydrogen-bond donors (Lipinski definition) is 0. The van der Waals surface area contributed by atoms with E-state index in [1.54, 1.807) is 0 Å². The molecular formula is C55H56Cl2Zr-2. The molecule has 0 aromatic heterocycles. The molecule has 0 N–H and O–H groups in total. The molecule has 8 rings (SSSR count). The maximum absolute atomic E-state index is 2.99. The Bertz CT molecular complexity index is 2370. The number of fused-ring (bicyclic) bond motifs is 3. The zero-order valence-corrected chi connectivity index (χ0v) is 39.8. The van der Waals surface area contributed by atoms with Crippen molar-refractivity contribution < 1.29 is 49.0 Å². The van der Waals surface area contributed by atoms with Crippen LogP contribution in [0.3, 0.4) is 0 Å². The summed E-state index contributed by atoms with van der Waals surface area (Å²) in [4.78, 5) is 0. The molecule has 0 amide bonds. The number of aryl methyl sites for hydroxylation is 4. The molecular weight excluding hydrogens is 823 g/mol. The molecule has 3 heteroatoms. The van der Waals surface area contributed by atoms with Gasteiger partial charge in [0.2, 0.25) is 0 Å². The first kappa shape index (κ1) is 46.7. The van der Waals surface area contributed by atoms with Crippen LogP contribution in [0.15, 0.2) is 146 Å². The average molecular weight is 879 g/mol. The molecule has 0 unspecified atom stereocenters. The summed E-state index contributed by atoms with van der Waals surface area (Å²) in [7, 11) is 0. The van der Waals surface area contributed by atoms with Crippen molar-refractivity contribution in [2.75, 3.05) is 0 Å². The first-order valence-corrected chi connectivity index (χ1v) is 21.1. The minimum atomic E-state index is 0. The third-order valence-electron chi connectivity index (χ3n) is 10.7. The molecule has 0 spiro atoms. The minimum Gasteiger partial charge on any atom is -1.00 e. The fourth-order valence-electron chi connectivity index (χ4n) is 7.49. The van der Waals surface area contributed by atoms with E-state index in [1.807, 2.05) is 12.2 Å². The maximum atomic E-state index is 2.99. The summed E-state index contributed by atoms with van der Waals surface area (Å²) >= 11 is 1.46. The topological polar surface area (TPSA) is 0 Å². The van der Waals surface area contributed by atoms with Crippen molar-refractivity contribution in [3.63, 3.8) is 0 Å². The van der Waals surface area contributed by atoms with E-state index in [-0.39, 0.29) is 35.6 Å². The van der Waals surface area contributed by atoms with Crippen molar-refractivity contribution in [2.45, 2.75) is 86.5 Å². The predicted octanol–water partition coefficient (Wildman–Crippen LogP) is 8.99. The quantitative estimate of drug-likeness (QED) is 0.155. The number of benzene rings is 6. The molecule has 296 valence electrons. The summed E-state index contributed by atoms with van der Waals surface area (Å²) < 4.78 is 1.42. The van der Waals surface area contributed by atoms with Gasteiger partial charge in [-0.05, 0) is 69.2 Å². The molecule has 0 saturated heterocycles. The van der Waals surface area contributed by atoms with Crippen molar-refractivity contribution in [1.29, 1.82) is 0 Å². The Balaban J connectivity index is 0.000000268. The molecule has 0 fully saturated rings. The second-order valence-electron chi connectivity index (χ2n) is 17.4. The van der Waals surface area contributed by atoms with Gasteiger partial charge < -0.3 is 24.8 Å². The van der Waals surface area contributed by atoms with Crippen LogP contribution < -0.4 is 24.8 Å². The van der Waals surface area contributed by atoms with E-state index in [2.05, 4.69) is 209 Å². The largest absolute Gasteiger partial charge is 1.00 e. The van der Waals surface area contributed by atoms with E-state index in [4.69, 9.17) is 0 Å². The van der Waals surface area contributed by atoms with E-state index < -0.39 is 0 Å². The molecule has 7 aromatic rings. The van der Waals surface area contributed by atoms with Crippen LogP contribution in [-0.4, -0.2) is 3.21 Å². The van der Waals surface area contributed by atoms with Gasteiger partial charge in [-0.25, -0.2) is 12.2 Å². The zero-order chi connectivity index (χ0) is 40.2. The first-order valence-electron chi connectivity index (χ1n) is 19.9. The van der Waals surface area contributed by atoms with Crippen molar-refractivity contribution >= 4 is 24.8 Å². The number of halogens is 2. The molecule has 0 saturated carbocycles. The van der Waals surface area contributed by atoms with Gasteiger partial charge >= 0.3 is 112 Å². The van der Waals surface area contributed by atoms with Gasteiger partial charge in [-0.2, -0.15) is 6.08 Å². The molecule has 1 aliphatic carbocycles. The summed E-state index contributed by atoms with van der Waals surface area (Å²) in [5.74, 6) is 0. The summed E-state index contributed by atoms with van der Waals surface area (Å²) in [6.07, 6.45) is 10.0. The molecule has 7 aromatic carbocycles. The Hall–Kier alpha value is -4.00. The van der Waals surface area contributed by atoms with E-state index in [9.17, 15) is 0 Å². The summed E-state index contributed by atoms with van der Waals surface area (Å²) in [6, 6.07) is 47.3. The van der Waals surface area contributed by atoms with E-state index >= 15 is 0 Å². The second kappa shape index (κ2) is 19.8.